The maximum absolute atomic E-state index is 4.89. The molecule has 0 bridgehead atoms. The fraction of sp³-hybridized carbons (Fsp3) is 0.381. The first-order valence-electron chi connectivity index (χ1n) is 17.4. The second-order valence-electron chi connectivity index (χ2n) is 15.1. The number of para-hydroxylation sites is 3. The van der Waals surface area contributed by atoms with E-state index in [2.05, 4.69) is 160 Å². The summed E-state index contributed by atoms with van der Waals surface area (Å²) in [6.07, 6.45) is 5.70. The predicted molar refractivity (Wildman–Crippen MR) is 198 cm³/mol. The maximum Gasteiger partial charge on any atom is 0.264 e. The summed E-state index contributed by atoms with van der Waals surface area (Å²) >= 11 is 0. The summed E-state index contributed by atoms with van der Waals surface area (Å²) in [7, 11) is -1.52. The van der Waals surface area contributed by atoms with E-state index in [-0.39, 0.29) is 6.04 Å². The van der Waals surface area contributed by atoms with Crippen molar-refractivity contribution in [2.45, 2.75) is 104 Å². The van der Waals surface area contributed by atoms with E-state index in [4.69, 9.17) is 6.58 Å². The summed E-state index contributed by atoms with van der Waals surface area (Å²) in [5, 5.41) is 1.51. The van der Waals surface area contributed by atoms with Crippen LogP contribution in [0.5, 0.6) is 0 Å². The van der Waals surface area contributed by atoms with Gasteiger partial charge in [0, 0.05) is 40.8 Å². The molecular weight excluding hydrogens is 575 g/mol. The Morgan fingerprint density at radius 2 is 1.50 bits per heavy atom. The van der Waals surface area contributed by atoms with Crippen LogP contribution >= 0.6 is 0 Å². The number of hydrogen-bond donors (Lipinski definition) is 0. The molecule has 3 nitrogen and oxygen atoms in total. The molecule has 4 heteroatoms. The van der Waals surface area contributed by atoms with Crippen molar-refractivity contribution in [1.29, 1.82) is 0 Å². The number of hydrogen-bond acceptors (Lipinski definition) is 0. The monoisotopic (exact) mass is 627 g/mol. The lowest BCUT2D eigenvalue weighted by molar-refractivity contribution is -0.719. The zero-order valence-corrected chi connectivity index (χ0v) is 30.6. The molecule has 3 aromatic carbocycles. The van der Waals surface area contributed by atoms with E-state index in [1.807, 2.05) is 0 Å². The van der Waals surface area contributed by atoms with Gasteiger partial charge < -0.3 is 0 Å². The molecule has 1 aliphatic heterocycles. The number of aromatic nitrogens is 3. The van der Waals surface area contributed by atoms with Crippen LogP contribution in [-0.2, 0) is 0 Å². The summed E-state index contributed by atoms with van der Waals surface area (Å²) in [6.45, 7) is 26.1. The summed E-state index contributed by atoms with van der Waals surface area (Å²) in [5.41, 5.74) is 11.9. The molecule has 0 fully saturated rings. The third kappa shape index (κ3) is 5.49. The van der Waals surface area contributed by atoms with Gasteiger partial charge in [-0.2, -0.15) is 13.7 Å². The Morgan fingerprint density at radius 3 is 2.15 bits per heavy atom. The van der Waals surface area contributed by atoms with Gasteiger partial charge in [-0.25, -0.2) is 0 Å². The molecule has 0 spiro atoms. The number of rotatable bonds is 9. The number of benzene rings is 3. The van der Waals surface area contributed by atoms with E-state index in [1.165, 1.54) is 55.7 Å². The highest BCUT2D eigenvalue weighted by Crippen LogP contribution is 2.43. The molecule has 0 saturated carbocycles. The number of nitrogens with zero attached hydrogens (tertiary/aromatic N) is 3. The molecule has 2 unspecified atom stereocenters. The molecule has 2 atom stereocenters. The first-order chi connectivity index (χ1) is 21.9. The largest absolute Gasteiger partial charge is 0.264 e. The molecule has 0 aliphatic carbocycles. The Morgan fingerprint density at radius 1 is 0.848 bits per heavy atom. The van der Waals surface area contributed by atoms with Crippen molar-refractivity contribution in [2.75, 3.05) is 0 Å². The maximum atomic E-state index is 4.89. The molecule has 6 rings (SSSR count). The lowest BCUT2D eigenvalue weighted by Crippen LogP contribution is -2.53. The molecule has 5 aromatic rings. The van der Waals surface area contributed by atoms with Crippen molar-refractivity contribution in [3.63, 3.8) is 0 Å². The van der Waals surface area contributed by atoms with Crippen LogP contribution in [0, 0.1) is 6.92 Å². The number of fused-ring (bicyclic) bond motifs is 4. The van der Waals surface area contributed by atoms with Gasteiger partial charge in [-0.05, 0) is 42.0 Å². The number of pyridine rings is 1. The molecule has 2 aromatic heterocycles. The Hall–Kier alpha value is -3.76. The van der Waals surface area contributed by atoms with Crippen LogP contribution in [0.4, 0.5) is 0 Å². The van der Waals surface area contributed by atoms with Crippen LogP contribution in [0.25, 0.3) is 33.7 Å². The predicted octanol–water partition coefficient (Wildman–Crippen LogP) is 9.97. The molecule has 238 valence electrons. The van der Waals surface area contributed by atoms with Gasteiger partial charge in [0.25, 0.3) is 5.82 Å². The van der Waals surface area contributed by atoms with Gasteiger partial charge in [0.2, 0.25) is 5.69 Å². The second kappa shape index (κ2) is 12.4. The smallest absolute Gasteiger partial charge is 0.197 e. The van der Waals surface area contributed by atoms with Crippen molar-refractivity contribution < 1.29 is 9.13 Å². The standard InChI is InChI=1S/C42H53N3Si/c1-11-17-36-35-18-12-13-19-37(35)38-25-24-32(46(8,9)10)27-43(38)41(36)26-30(6)44-31(7)45(40-23-15-14-22-39(40)44)42-33(28(2)3)20-16-21-34(42)29(4)5/h12-16,18-25,27-29,36,41H,6,11,17,26H2,1-5,7-10H3/q+2. The summed E-state index contributed by atoms with van der Waals surface area (Å²) < 4.78 is 7.62. The minimum Gasteiger partial charge on any atom is -0.197 e. The van der Waals surface area contributed by atoms with Gasteiger partial charge in [-0.15, -0.1) is 0 Å². The van der Waals surface area contributed by atoms with E-state index in [1.54, 1.807) is 0 Å². The average Bonchev–Trinajstić information content (AvgIpc) is 3.32. The number of allylic oxidation sites excluding steroid dienone is 1. The lowest BCUT2D eigenvalue weighted by atomic mass is 9.79. The number of imidazole rings is 1. The normalized spacial score (nSPS) is 16.2. The van der Waals surface area contributed by atoms with Crippen LogP contribution in [-0.4, -0.2) is 12.6 Å². The lowest BCUT2D eigenvalue weighted by Gasteiger charge is -2.31. The van der Waals surface area contributed by atoms with E-state index in [0.29, 0.717) is 17.8 Å². The fourth-order valence-corrected chi connectivity index (χ4v) is 9.00. The second-order valence-corrected chi connectivity index (χ2v) is 20.2. The summed E-state index contributed by atoms with van der Waals surface area (Å²) in [5.74, 6) is 2.47. The van der Waals surface area contributed by atoms with Gasteiger partial charge >= 0.3 is 0 Å². The molecule has 3 heterocycles. The minimum absolute atomic E-state index is 0.289. The SMILES string of the molecule is C=C(CC1C(CCC)c2ccccc2-c2ccc([Si](C)(C)C)c[n+]21)[n+]1c(C)n(-c2c(C(C)C)cccc2C(C)C)c2ccccc21. The van der Waals surface area contributed by atoms with Crippen LogP contribution in [0.15, 0.2) is 91.6 Å². The van der Waals surface area contributed by atoms with Crippen LogP contribution in [0.1, 0.15) is 100 Å². The zero-order valence-electron chi connectivity index (χ0n) is 29.6. The highest BCUT2D eigenvalue weighted by atomic mass is 28.3. The highest BCUT2D eigenvalue weighted by Gasteiger charge is 2.42. The van der Waals surface area contributed by atoms with Gasteiger partial charge in [0.1, 0.15) is 11.4 Å². The van der Waals surface area contributed by atoms with Crippen molar-refractivity contribution in [1.82, 2.24) is 4.57 Å². The molecule has 0 saturated heterocycles. The average molecular weight is 628 g/mol. The van der Waals surface area contributed by atoms with Crippen LogP contribution in [0.3, 0.4) is 0 Å². The van der Waals surface area contributed by atoms with Gasteiger partial charge in [-0.3, -0.25) is 0 Å². The van der Waals surface area contributed by atoms with Gasteiger partial charge in [0.05, 0.1) is 14.5 Å². The van der Waals surface area contributed by atoms with Crippen LogP contribution < -0.4 is 14.3 Å². The van der Waals surface area contributed by atoms with Gasteiger partial charge in [-0.1, -0.05) is 122 Å². The van der Waals surface area contributed by atoms with E-state index in [9.17, 15) is 0 Å². The fourth-order valence-electron chi connectivity index (χ4n) is 7.89. The summed E-state index contributed by atoms with van der Waals surface area (Å²) in [4.78, 5) is 0. The Balaban J connectivity index is 1.54. The van der Waals surface area contributed by atoms with Crippen molar-refractivity contribution in [2.24, 2.45) is 0 Å². The molecule has 0 radical (unpaired) electrons. The van der Waals surface area contributed by atoms with Crippen molar-refractivity contribution in [3.05, 3.63) is 114 Å². The van der Waals surface area contributed by atoms with Crippen molar-refractivity contribution in [3.8, 4) is 16.9 Å². The van der Waals surface area contributed by atoms with Gasteiger partial charge in [0.15, 0.2) is 23.3 Å². The molecule has 0 N–H and O–H groups in total. The summed E-state index contributed by atoms with van der Waals surface area (Å²) in [6, 6.07) is 30.0. The van der Waals surface area contributed by atoms with E-state index < -0.39 is 8.07 Å². The van der Waals surface area contributed by atoms with E-state index in [0.717, 1.165) is 25.0 Å². The first-order valence-corrected chi connectivity index (χ1v) is 20.9. The molecule has 0 amide bonds. The topological polar surface area (TPSA) is 12.7 Å². The zero-order chi connectivity index (χ0) is 32.9. The molecule has 46 heavy (non-hydrogen) atoms. The Bertz CT molecular complexity index is 1890. The Kier molecular flexibility index (Phi) is 8.71. The third-order valence-corrected chi connectivity index (χ3v) is 12.3. The van der Waals surface area contributed by atoms with E-state index >= 15 is 0 Å². The molecular formula is C42H53N3Si+2. The third-order valence-electron chi connectivity index (χ3n) is 10.2. The van der Waals surface area contributed by atoms with Crippen LogP contribution in [0.2, 0.25) is 19.6 Å². The minimum atomic E-state index is -1.52. The first kappa shape index (κ1) is 32.2. The van der Waals surface area contributed by atoms with Crippen molar-refractivity contribution >= 4 is 30.0 Å². The molecule has 1 aliphatic rings. The highest BCUT2D eigenvalue weighted by molar-refractivity contribution is 6.88. The quantitative estimate of drug-likeness (QED) is 0.114. The Labute approximate surface area is 278 Å².